The van der Waals surface area contributed by atoms with E-state index in [0.29, 0.717) is 16.9 Å². The number of carbonyl (C=O) groups excluding carboxylic acids is 4. The van der Waals surface area contributed by atoms with Crippen molar-refractivity contribution in [2.75, 3.05) is 0 Å². The number of nitrogens with two attached hydrogens (primary N) is 1. The molecule has 7 heteroatoms. The number of imide groups is 1. The Bertz CT molecular complexity index is 1100. The molecule has 0 spiro atoms. The lowest BCUT2D eigenvalue weighted by Gasteiger charge is -2.11. The average Bonchev–Trinajstić information content (AvgIpc) is 2.81. The van der Waals surface area contributed by atoms with Crippen LogP contribution in [0.25, 0.3) is 0 Å². The molecule has 1 unspecified atom stereocenters. The quantitative estimate of drug-likeness (QED) is 0.323. The summed E-state index contributed by atoms with van der Waals surface area (Å²) in [4.78, 5) is 48.4. The summed E-state index contributed by atoms with van der Waals surface area (Å²) in [6, 6.07) is 22.5. The van der Waals surface area contributed by atoms with Gasteiger partial charge in [0, 0.05) is 5.56 Å². The largest absolute Gasteiger partial charge is 0.423 e. The van der Waals surface area contributed by atoms with Crippen molar-refractivity contribution in [1.82, 2.24) is 5.32 Å². The highest BCUT2D eigenvalue weighted by Gasteiger charge is 2.20. The van der Waals surface area contributed by atoms with Gasteiger partial charge in [0.1, 0.15) is 5.75 Å². The average molecular weight is 430 g/mol. The highest BCUT2D eigenvalue weighted by atomic mass is 16.5. The molecule has 0 heterocycles. The van der Waals surface area contributed by atoms with E-state index >= 15 is 0 Å². The van der Waals surface area contributed by atoms with Gasteiger partial charge in [-0.05, 0) is 48.4 Å². The summed E-state index contributed by atoms with van der Waals surface area (Å²) in [5.41, 5.74) is 7.44. The number of ketones is 1. The lowest BCUT2D eigenvalue weighted by atomic mass is 10.0. The molecule has 0 saturated heterocycles. The van der Waals surface area contributed by atoms with Gasteiger partial charge in [-0.2, -0.15) is 0 Å². The number of rotatable bonds is 8. The highest BCUT2D eigenvalue weighted by Crippen LogP contribution is 2.15. The first-order valence-corrected chi connectivity index (χ1v) is 9.96. The van der Waals surface area contributed by atoms with Crippen molar-refractivity contribution in [1.29, 1.82) is 0 Å². The van der Waals surface area contributed by atoms with Crippen LogP contribution in [0.5, 0.6) is 5.75 Å². The van der Waals surface area contributed by atoms with Crippen molar-refractivity contribution < 1.29 is 23.9 Å². The predicted molar refractivity (Wildman–Crippen MR) is 118 cm³/mol. The zero-order chi connectivity index (χ0) is 22.9. The summed E-state index contributed by atoms with van der Waals surface area (Å²) < 4.78 is 5.31. The van der Waals surface area contributed by atoms with Crippen molar-refractivity contribution in [3.05, 3.63) is 102 Å². The van der Waals surface area contributed by atoms with E-state index in [0.717, 1.165) is 5.56 Å². The van der Waals surface area contributed by atoms with E-state index in [1.54, 1.807) is 84.9 Å². The van der Waals surface area contributed by atoms with E-state index in [4.69, 9.17) is 10.5 Å². The van der Waals surface area contributed by atoms with Gasteiger partial charge in [-0.1, -0.05) is 48.5 Å². The van der Waals surface area contributed by atoms with Gasteiger partial charge in [0.25, 0.3) is 5.91 Å². The molecule has 7 nitrogen and oxygen atoms in total. The van der Waals surface area contributed by atoms with Crippen LogP contribution in [0.2, 0.25) is 0 Å². The third kappa shape index (κ3) is 6.45. The van der Waals surface area contributed by atoms with Crippen LogP contribution < -0.4 is 15.8 Å². The number of hydrogen-bond donors (Lipinski definition) is 2. The summed E-state index contributed by atoms with van der Waals surface area (Å²) in [6.45, 7) is 0. The van der Waals surface area contributed by atoms with Crippen molar-refractivity contribution in [3.63, 3.8) is 0 Å². The second-order valence-corrected chi connectivity index (χ2v) is 7.10. The van der Waals surface area contributed by atoms with E-state index in [1.807, 2.05) is 0 Å². The molecule has 162 valence electrons. The summed E-state index contributed by atoms with van der Waals surface area (Å²) in [5, 5.41) is 2.18. The highest BCUT2D eigenvalue weighted by molar-refractivity contribution is 6.10. The Morgan fingerprint density at radius 1 is 0.781 bits per heavy atom. The van der Waals surface area contributed by atoms with Gasteiger partial charge >= 0.3 is 5.97 Å². The zero-order valence-corrected chi connectivity index (χ0v) is 17.2. The van der Waals surface area contributed by atoms with Gasteiger partial charge in [-0.25, -0.2) is 4.79 Å². The van der Waals surface area contributed by atoms with Crippen LogP contribution in [-0.4, -0.2) is 29.6 Å². The molecule has 0 aliphatic carbocycles. The number of ether oxygens (including phenoxy) is 1. The molecule has 0 aliphatic rings. The number of Topliss-reactive ketones (excluding diaryl/α,β-unsaturated/α-hetero) is 1. The van der Waals surface area contributed by atoms with Crippen LogP contribution >= 0.6 is 0 Å². The fourth-order valence-corrected chi connectivity index (χ4v) is 2.92. The minimum absolute atomic E-state index is 0.200. The maximum Gasteiger partial charge on any atom is 0.343 e. The molecule has 0 aromatic heterocycles. The van der Waals surface area contributed by atoms with Crippen LogP contribution in [-0.2, 0) is 16.0 Å². The molecule has 0 aliphatic heterocycles. The zero-order valence-electron chi connectivity index (χ0n) is 17.2. The maximum atomic E-state index is 12.3. The molecular formula is C25H22N2O5. The number of esters is 1. The first-order valence-electron chi connectivity index (χ1n) is 9.96. The van der Waals surface area contributed by atoms with E-state index in [1.165, 1.54) is 0 Å². The predicted octanol–water partition coefficient (Wildman–Crippen LogP) is 2.69. The Morgan fingerprint density at radius 2 is 1.34 bits per heavy atom. The number of amides is 2. The van der Waals surface area contributed by atoms with Crippen molar-refractivity contribution in [2.45, 2.75) is 18.9 Å². The van der Waals surface area contributed by atoms with Crippen LogP contribution in [0, 0.1) is 0 Å². The summed E-state index contributed by atoms with van der Waals surface area (Å²) in [7, 11) is 0. The second-order valence-electron chi connectivity index (χ2n) is 7.10. The van der Waals surface area contributed by atoms with Gasteiger partial charge in [-0.15, -0.1) is 0 Å². The fraction of sp³-hybridized carbons (Fsp3) is 0.120. The van der Waals surface area contributed by atoms with Gasteiger partial charge < -0.3 is 10.5 Å². The van der Waals surface area contributed by atoms with Crippen LogP contribution in [0.1, 0.15) is 32.7 Å². The van der Waals surface area contributed by atoms with E-state index in [9.17, 15) is 19.2 Å². The SMILES string of the molecule is NC(Cc1ccc(OC(=O)c2ccccc2)cc1)C(=O)CC(=O)NC(=O)c1ccccc1. The first kappa shape index (κ1) is 22.6. The Kier molecular flexibility index (Phi) is 7.61. The minimum atomic E-state index is -0.912. The number of carbonyl (C=O) groups is 4. The number of benzene rings is 3. The molecule has 0 bridgehead atoms. The number of nitrogens with one attached hydrogen (secondary N) is 1. The molecule has 0 fully saturated rings. The van der Waals surface area contributed by atoms with Crippen molar-refractivity contribution >= 4 is 23.6 Å². The smallest absolute Gasteiger partial charge is 0.343 e. The third-order valence-electron chi connectivity index (χ3n) is 4.64. The topological polar surface area (TPSA) is 116 Å². The third-order valence-corrected chi connectivity index (χ3v) is 4.64. The van der Waals surface area contributed by atoms with Crippen LogP contribution in [0.4, 0.5) is 0 Å². The summed E-state index contributed by atoms with van der Waals surface area (Å²) in [5.74, 6) is -1.87. The monoisotopic (exact) mass is 430 g/mol. The Morgan fingerprint density at radius 3 is 1.94 bits per heavy atom. The molecule has 2 amide bonds. The Labute approximate surface area is 185 Å². The van der Waals surface area contributed by atoms with E-state index in [2.05, 4.69) is 5.32 Å². The molecule has 0 radical (unpaired) electrons. The summed E-state index contributed by atoms with van der Waals surface area (Å²) >= 11 is 0. The maximum absolute atomic E-state index is 12.3. The Hall–Kier alpha value is -4.10. The van der Waals surface area contributed by atoms with Crippen molar-refractivity contribution in [2.24, 2.45) is 5.73 Å². The summed E-state index contributed by atoms with van der Waals surface area (Å²) in [6.07, 6.45) is -0.293. The van der Waals surface area contributed by atoms with E-state index in [-0.39, 0.29) is 6.42 Å². The lowest BCUT2D eigenvalue weighted by Crippen LogP contribution is -2.38. The molecular weight excluding hydrogens is 408 g/mol. The molecule has 32 heavy (non-hydrogen) atoms. The fourth-order valence-electron chi connectivity index (χ4n) is 2.92. The van der Waals surface area contributed by atoms with Gasteiger partial charge in [0.2, 0.25) is 5.91 Å². The molecule has 1 atom stereocenters. The first-order chi connectivity index (χ1) is 15.4. The second kappa shape index (κ2) is 10.8. The molecule has 3 rings (SSSR count). The lowest BCUT2D eigenvalue weighted by molar-refractivity contribution is -0.128. The molecule has 0 saturated carbocycles. The minimum Gasteiger partial charge on any atom is -0.423 e. The Balaban J connectivity index is 1.48. The van der Waals surface area contributed by atoms with Gasteiger partial charge in [0.15, 0.2) is 5.78 Å². The van der Waals surface area contributed by atoms with Gasteiger partial charge in [-0.3, -0.25) is 19.7 Å². The van der Waals surface area contributed by atoms with Gasteiger partial charge in [0.05, 0.1) is 18.0 Å². The van der Waals surface area contributed by atoms with Crippen LogP contribution in [0.3, 0.4) is 0 Å². The van der Waals surface area contributed by atoms with Crippen molar-refractivity contribution in [3.8, 4) is 5.75 Å². The van der Waals surface area contributed by atoms with E-state index < -0.39 is 36.0 Å². The normalized spacial score (nSPS) is 11.3. The molecule has 3 aromatic rings. The number of hydrogen-bond acceptors (Lipinski definition) is 6. The molecule has 3 N–H and O–H groups in total. The molecule has 3 aromatic carbocycles. The van der Waals surface area contributed by atoms with Crippen LogP contribution in [0.15, 0.2) is 84.9 Å². The standard InChI is InChI=1S/C25H22N2O5/c26-21(22(28)16-23(29)27-24(30)18-7-3-1-4-8-18)15-17-11-13-20(14-12-17)32-25(31)19-9-5-2-6-10-19/h1-14,21H,15-16,26H2,(H,27,29,30).